The van der Waals surface area contributed by atoms with Gasteiger partial charge >= 0.3 is 0 Å². The number of nitrogens with zero attached hydrogens (tertiary/aromatic N) is 5. The molecule has 28 heavy (non-hydrogen) atoms. The second-order valence-electron chi connectivity index (χ2n) is 5.97. The van der Waals surface area contributed by atoms with E-state index in [1.165, 1.54) is 27.8 Å². The third kappa shape index (κ3) is 3.12. The van der Waals surface area contributed by atoms with E-state index in [2.05, 4.69) is 10.1 Å². The van der Waals surface area contributed by atoms with Gasteiger partial charge in [0.05, 0.1) is 27.7 Å². The van der Waals surface area contributed by atoms with Crippen molar-refractivity contribution in [3.8, 4) is 5.69 Å². The van der Waals surface area contributed by atoms with Crippen LogP contribution in [0.2, 0.25) is 10.0 Å². The summed E-state index contributed by atoms with van der Waals surface area (Å²) < 4.78 is 2.70. The number of aromatic nitrogens is 4. The second-order valence-corrected chi connectivity index (χ2v) is 6.78. The van der Waals surface area contributed by atoms with Gasteiger partial charge in [0.1, 0.15) is 17.4 Å². The average Bonchev–Trinajstić information content (AvgIpc) is 3.11. The summed E-state index contributed by atoms with van der Waals surface area (Å²) in [5.74, 6) is 0. The fourth-order valence-electron chi connectivity index (χ4n) is 2.87. The van der Waals surface area contributed by atoms with Crippen molar-refractivity contribution < 1.29 is 4.92 Å². The van der Waals surface area contributed by atoms with E-state index in [1.807, 2.05) is 0 Å². The highest BCUT2D eigenvalue weighted by Crippen LogP contribution is 2.25. The maximum Gasteiger partial charge on any atom is 0.294 e. The predicted molar refractivity (Wildman–Crippen MR) is 105 cm³/mol. The van der Waals surface area contributed by atoms with E-state index >= 15 is 0 Å². The summed E-state index contributed by atoms with van der Waals surface area (Å²) in [6.07, 6.45) is 2.73. The van der Waals surface area contributed by atoms with Crippen LogP contribution in [0.15, 0.2) is 59.8 Å². The van der Waals surface area contributed by atoms with Crippen LogP contribution >= 0.6 is 23.2 Å². The van der Waals surface area contributed by atoms with Crippen LogP contribution in [-0.4, -0.2) is 24.3 Å². The van der Waals surface area contributed by atoms with E-state index < -0.39 is 4.92 Å². The van der Waals surface area contributed by atoms with Crippen molar-refractivity contribution in [3.05, 3.63) is 91.1 Å². The molecule has 0 spiro atoms. The van der Waals surface area contributed by atoms with Crippen LogP contribution < -0.4 is 5.56 Å². The number of hydrogen-bond acceptors (Lipinski definition) is 5. The van der Waals surface area contributed by atoms with Gasteiger partial charge in [0, 0.05) is 6.07 Å². The lowest BCUT2D eigenvalue weighted by Crippen LogP contribution is -2.21. The molecular weight excluding hydrogens is 405 g/mol. The van der Waals surface area contributed by atoms with E-state index in [0.29, 0.717) is 10.0 Å². The molecule has 0 aliphatic carbocycles. The first kappa shape index (κ1) is 18.1. The van der Waals surface area contributed by atoms with Crippen molar-refractivity contribution in [2.45, 2.75) is 6.54 Å². The molecule has 2 aromatic heterocycles. The van der Waals surface area contributed by atoms with Crippen molar-refractivity contribution in [3.63, 3.8) is 0 Å². The molecule has 10 heteroatoms. The number of nitro benzene ring substituents is 1. The van der Waals surface area contributed by atoms with Crippen LogP contribution in [0.3, 0.4) is 0 Å². The van der Waals surface area contributed by atoms with Gasteiger partial charge in [-0.25, -0.2) is 9.67 Å². The first-order chi connectivity index (χ1) is 13.5. The first-order valence-corrected chi connectivity index (χ1v) is 8.82. The summed E-state index contributed by atoms with van der Waals surface area (Å²) in [6.45, 7) is 0.245. The first-order valence-electron chi connectivity index (χ1n) is 8.06. The lowest BCUT2D eigenvalue weighted by atomic mass is 10.2. The monoisotopic (exact) mass is 415 g/mol. The number of para-hydroxylation sites is 2. The Kier molecular flexibility index (Phi) is 4.58. The van der Waals surface area contributed by atoms with E-state index in [9.17, 15) is 14.9 Å². The Labute approximate surface area is 167 Å². The summed E-state index contributed by atoms with van der Waals surface area (Å²) in [7, 11) is 0. The van der Waals surface area contributed by atoms with Gasteiger partial charge in [-0.3, -0.25) is 19.5 Å². The van der Waals surface area contributed by atoms with Crippen LogP contribution in [0.25, 0.3) is 16.7 Å². The van der Waals surface area contributed by atoms with Gasteiger partial charge in [0.15, 0.2) is 5.65 Å². The fourth-order valence-corrected chi connectivity index (χ4v) is 3.19. The van der Waals surface area contributed by atoms with Gasteiger partial charge in [-0.2, -0.15) is 5.10 Å². The van der Waals surface area contributed by atoms with Crippen molar-refractivity contribution in [1.29, 1.82) is 0 Å². The number of rotatable bonds is 4. The van der Waals surface area contributed by atoms with E-state index in [0.717, 1.165) is 5.56 Å². The molecule has 0 atom stereocenters. The predicted octanol–water partition coefficient (Wildman–Crippen LogP) is 3.85. The Balaban J connectivity index is 1.79. The summed E-state index contributed by atoms with van der Waals surface area (Å²) >= 11 is 11.9. The van der Waals surface area contributed by atoms with Crippen LogP contribution in [0.5, 0.6) is 0 Å². The molecule has 4 rings (SSSR count). The summed E-state index contributed by atoms with van der Waals surface area (Å²) in [5.41, 5.74) is 0.806. The molecule has 0 amide bonds. The number of nitro groups is 1. The van der Waals surface area contributed by atoms with Crippen LogP contribution in [-0.2, 0) is 6.54 Å². The molecule has 0 saturated heterocycles. The molecule has 8 nitrogen and oxygen atoms in total. The standard InChI is InChI=1S/C18H11Cl2N5O3/c19-13-6-5-11(7-14(13)20)9-23-10-21-17-12(18(23)26)8-22-24(17)15-3-1-2-4-16(15)25(27)28/h1-8,10H,9H2. The van der Waals surface area contributed by atoms with Crippen molar-refractivity contribution in [1.82, 2.24) is 19.3 Å². The van der Waals surface area contributed by atoms with Crippen molar-refractivity contribution >= 4 is 39.9 Å². The summed E-state index contributed by atoms with van der Waals surface area (Å²) in [4.78, 5) is 27.9. The molecule has 0 saturated carbocycles. The SMILES string of the molecule is O=c1c2cnn(-c3ccccc3[N+](=O)[O-])c2ncn1Cc1ccc(Cl)c(Cl)c1. The third-order valence-corrected chi connectivity index (χ3v) is 4.94. The maximum absolute atomic E-state index is 12.8. The lowest BCUT2D eigenvalue weighted by Gasteiger charge is -2.07. The largest absolute Gasteiger partial charge is 0.294 e. The minimum atomic E-state index is -0.506. The quantitative estimate of drug-likeness (QED) is 0.372. The molecule has 4 aromatic rings. The van der Waals surface area contributed by atoms with Crippen molar-refractivity contribution in [2.24, 2.45) is 0 Å². The molecule has 0 aliphatic rings. The van der Waals surface area contributed by atoms with Gasteiger partial charge in [-0.15, -0.1) is 0 Å². The normalized spacial score (nSPS) is 11.1. The second kappa shape index (κ2) is 7.06. The highest BCUT2D eigenvalue weighted by Gasteiger charge is 2.19. The molecule has 2 heterocycles. The van der Waals surface area contributed by atoms with Gasteiger partial charge in [-0.1, -0.05) is 41.4 Å². The number of halogens is 2. The molecule has 0 bridgehead atoms. The molecule has 0 aliphatic heterocycles. The van der Waals surface area contributed by atoms with Gasteiger partial charge in [0.25, 0.3) is 11.2 Å². The number of benzene rings is 2. The Morgan fingerprint density at radius 3 is 2.64 bits per heavy atom. The Morgan fingerprint density at radius 2 is 1.89 bits per heavy atom. The average molecular weight is 416 g/mol. The smallest absolute Gasteiger partial charge is 0.294 e. The number of hydrogen-bond donors (Lipinski definition) is 0. The molecule has 2 aromatic carbocycles. The lowest BCUT2D eigenvalue weighted by molar-refractivity contribution is -0.384. The van der Waals surface area contributed by atoms with Crippen LogP contribution in [0.4, 0.5) is 5.69 Å². The van der Waals surface area contributed by atoms with Gasteiger partial charge < -0.3 is 0 Å². The van der Waals surface area contributed by atoms with Crippen LogP contribution in [0.1, 0.15) is 5.56 Å². The zero-order valence-corrected chi connectivity index (χ0v) is 15.6. The Hall–Kier alpha value is -3.23. The minimum absolute atomic E-state index is 0.130. The summed E-state index contributed by atoms with van der Waals surface area (Å²) in [5, 5.41) is 16.5. The Bertz CT molecular complexity index is 1280. The molecule has 140 valence electrons. The van der Waals surface area contributed by atoms with Crippen molar-refractivity contribution in [2.75, 3.05) is 0 Å². The van der Waals surface area contributed by atoms with E-state index in [1.54, 1.807) is 36.4 Å². The van der Waals surface area contributed by atoms with E-state index in [-0.39, 0.29) is 34.5 Å². The topological polar surface area (TPSA) is 95.8 Å². The highest BCUT2D eigenvalue weighted by atomic mass is 35.5. The summed E-state index contributed by atoms with van der Waals surface area (Å²) in [6, 6.07) is 11.2. The minimum Gasteiger partial charge on any atom is -0.294 e. The zero-order chi connectivity index (χ0) is 19.8. The Morgan fingerprint density at radius 1 is 1.11 bits per heavy atom. The molecular formula is C18H11Cl2N5O3. The van der Waals surface area contributed by atoms with E-state index in [4.69, 9.17) is 23.2 Å². The highest BCUT2D eigenvalue weighted by molar-refractivity contribution is 6.42. The molecule has 0 unspecified atom stereocenters. The van der Waals surface area contributed by atoms with Crippen LogP contribution in [0, 0.1) is 10.1 Å². The maximum atomic E-state index is 12.8. The fraction of sp³-hybridized carbons (Fsp3) is 0.0556. The molecule has 0 radical (unpaired) electrons. The third-order valence-electron chi connectivity index (χ3n) is 4.20. The van der Waals surface area contributed by atoms with Gasteiger partial charge in [-0.05, 0) is 23.8 Å². The number of fused-ring (bicyclic) bond motifs is 1. The molecule has 0 fully saturated rings. The zero-order valence-electron chi connectivity index (χ0n) is 14.1. The van der Waals surface area contributed by atoms with Gasteiger partial charge in [0.2, 0.25) is 0 Å². The molecule has 0 N–H and O–H groups in total.